The van der Waals surface area contributed by atoms with Crippen molar-refractivity contribution in [3.63, 3.8) is 0 Å². The predicted octanol–water partition coefficient (Wildman–Crippen LogP) is 3.11. The number of rotatable bonds is 7. The Morgan fingerprint density at radius 3 is 2.18 bits per heavy atom. The van der Waals surface area contributed by atoms with Crippen molar-refractivity contribution in [2.75, 3.05) is 13.7 Å². The number of nitrogens with zero attached hydrogens (tertiary/aromatic N) is 1. The van der Waals surface area contributed by atoms with Crippen LogP contribution in [0, 0.1) is 0 Å². The van der Waals surface area contributed by atoms with Gasteiger partial charge in [-0.05, 0) is 17.2 Å². The number of benzene rings is 2. The predicted molar refractivity (Wildman–Crippen MR) is 104 cm³/mol. The molecule has 0 saturated carbocycles. The van der Waals surface area contributed by atoms with Crippen molar-refractivity contribution < 1.29 is 24.1 Å². The van der Waals surface area contributed by atoms with E-state index in [9.17, 15) is 9.90 Å². The molecule has 0 saturated heterocycles. The summed E-state index contributed by atoms with van der Waals surface area (Å²) in [5.74, 6) is 0. The fourth-order valence-corrected chi connectivity index (χ4v) is 3.06. The Morgan fingerprint density at radius 2 is 1.57 bits per heavy atom. The average molecular weight is 383 g/mol. The molecule has 1 aliphatic heterocycles. The van der Waals surface area contributed by atoms with Gasteiger partial charge in [-0.15, -0.1) is 0 Å². The Labute approximate surface area is 164 Å². The van der Waals surface area contributed by atoms with Crippen molar-refractivity contribution in [3.05, 3.63) is 83.9 Å². The quantitative estimate of drug-likeness (QED) is 0.744. The van der Waals surface area contributed by atoms with Crippen molar-refractivity contribution in [2.45, 2.75) is 31.6 Å². The van der Waals surface area contributed by atoms with Crippen LogP contribution in [0.25, 0.3) is 0 Å². The molecule has 3 rings (SSSR count). The van der Waals surface area contributed by atoms with E-state index in [1.165, 1.54) is 12.0 Å². The second-order valence-corrected chi connectivity index (χ2v) is 6.52. The molecule has 0 aromatic heterocycles. The highest BCUT2D eigenvalue weighted by Crippen LogP contribution is 2.21. The van der Waals surface area contributed by atoms with Gasteiger partial charge < -0.3 is 19.3 Å². The van der Waals surface area contributed by atoms with Crippen LogP contribution in [0.5, 0.6) is 0 Å². The second-order valence-electron chi connectivity index (χ2n) is 6.52. The first-order chi connectivity index (χ1) is 13.7. The highest BCUT2D eigenvalue weighted by atomic mass is 16.6. The van der Waals surface area contributed by atoms with E-state index in [-0.39, 0.29) is 13.2 Å². The molecular weight excluding hydrogens is 358 g/mol. The van der Waals surface area contributed by atoms with Gasteiger partial charge >= 0.3 is 6.09 Å². The number of aliphatic hydroxyl groups is 1. The van der Waals surface area contributed by atoms with Gasteiger partial charge in [0.25, 0.3) is 0 Å². The van der Waals surface area contributed by atoms with Crippen LogP contribution in [0.1, 0.15) is 11.1 Å². The summed E-state index contributed by atoms with van der Waals surface area (Å²) in [5, 5.41) is 10.4. The summed E-state index contributed by atoms with van der Waals surface area (Å²) in [4.78, 5) is 14.1. The molecule has 1 heterocycles. The van der Waals surface area contributed by atoms with Gasteiger partial charge in [0.15, 0.2) is 6.23 Å². The Kier molecular flexibility index (Phi) is 7.19. The smallest absolute Gasteiger partial charge is 0.412 e. The molecule has 1 aliphatic rings. The van der Waals surface area contributed by atoms with Crippen LogP contribution in [0.15, 0.2) is 72.8 Å². The van der Waals surface area contributed by atoms with E-state index in [2.05, 4.69) is 0 Å². The zero-order chi connectivity index (χ0) is 19.8. The van der Waals surface area contributed by atoms with Crippen molar-refractivity contribution in [2.24, 2.45) is 0 Å². The molecule has 6 nitrogen and oxygen atoms in total. The van der Waals surface area contributed by atoms with Crippen molar-refractivity contribution >= 4 is 6.09 Å². The summed E-state index contributed by atoms with van der Waals surface area (Å²) in [7, 11) is 1.51. The first-order valence-corrected chi connectivity index (χ1v) is 9.19. The molecule has 0 unspecified atom stereocenters. The van der Waals surface area contributed by atoms with Crippen LogP contribution in [0.2, 0.25) is 0 Å². The third-order valence-electron chi connectivity index (χ3n) is 4.56. The largest absolute Gasteiger partial charge is 0.444 e. The summed E-state index contributed by atoms with van der Waals surface area (Å²) in [6.45, 7) is 0.684. The van der Waals surface area contributed by atoms with Gasteiger partial charge in [-0.25, -0.2) is 4.79 Å². The third kappa shape index (κ3) is 5.19. The summed E-state index contributed by atoms with van der Waals surface area (Å²) in [6.07, 6.45) is 1.20. The van der Waals surface area contributed by atoms with E-state index in [0.29, 0.717) is 6.61 Å². The Balaban J connectivity index is 1.64. The van der Waals surface area contributed by atoms with Gasteiger partial charge in [0.05, 0.1) is 25.4 Å². The van der Waals surface area contributed by atoms with Gasteiger partial charge in [0.2, 0.25) is 0 Å². The number of ether oxygens (including phenoxy) is 3. The minimum absolute atomic E-state index is 0.143. The molecule has 148 valence electrons. The summed E-state index contributed by atoms with van der Waals surface area (Å²) in [6, 6.07) is 18.5. The van der Waals surface area contributed by atoms with Crippen LogP contribution in [0.4, 0.5) is 4.79 Å². The molecule has 6 heteroatoms. The van der Waals surface area contributed by atoms with E-state index in [0.717, 1.165) is 11.1 Å². The minimum Gasteiger partial charge on any atom is -0.444 e. The lowest BCUT2D eigenvalue weighted by atomic mass is 10.1. The summed E-state index contributed by atoms with van der Waals surface area (Å²) >= 11 is 0. The first kappa shape index (κ1) is 20.1. The highest BCUT2D eigenvalue weighted by Gasteiger charge is 2.38. The number of methoxy groups -OCH3 is 1. The second kappa shape index (κ2) is 10.0. The zero-order valence-corrected chi connectivity index (χ0v) is 15.8. The van der Waals surface area contributed by atoms with E-state index < -0.39 is 24.5 Å². The van der Waals surface area contributed by atoms with E-state index in [1.807, 2.05) is 60.7 Å². The minimum atomic E-state index is -0.869. The lowest BCUT2D eigenvalue weighted by Gasteiger charge is -2.39. The van der Waals surface area contributed by atoms with E-state index >= 15 is 0 Å². The van der Waals surface area contributed by atoms with E-state index in [4.69, 9.17) is 14.2 Å². The highest BCUT2D eigenvalue weighted by molar-refractivity contribution is 5.69. The maximum atomic E-state index is 12.8. The topological polar surface area (TPSA) is 68.2 Å². The molecule has 3 atom stereocenters. The van der Waals surface area contributed by atoms with Crippen molar-refractivity contribution in [3.8, 4) is 0 Å². The molecule has 0 spiro atoms. The van der Waals surface area contributed by atoms with Gasteiger partial charge in [0.1, 0.15) is 6.61 Å². The van der Waals surface area contributed by atoms with Gasteiger partial charge in [-0.3, -0.25) is 4.90 Å². The summed E-state index contributed by atoms with van der Waals surface area (Å²) in [5.41, 5.74) is 1.90. The lowest BCUT2D eigenvalue weighted by Crippen LogP contribution is -2.56. The number of carbonyl (C=O) groups is 1. The Bertz CT molecular complexity index is 765. The molecule has 2 aromatic rings. The Morgan fingerprint density at radius 1 is 0.964 bits per heavy atom. The zero-order valence-electron chi connectivity index (χ0n) is 15.8. The van der Waals surface area contributed by atoms with Crippen LogP contribution < -0.4 is 0 Å². The monoisotopic (exact) mass is 383 g/mol. The molecule has 2 aromatic carbocycles. The number of hydrogen-bond acceptors (Lipinski definition) is 5. The Hall–Kier alpha value is -2.67. The maximum absolute atomic E-state index is 12.8. The van der Waals surface area contributed by atoms with Crippen molar-refractivity contribution in [1.29, 1.82) is 0 Å². The standard InChI is InChI=1S/C22H25NO5/c1-26-21-13-12-20(24)19(16-27-14-17-8-4-2-5-9-17)23(21)22(25)28-15-18-10-6-3-7-11-18/h2-13,19-21,24H,14-16H2,1H3/t19-,20+,21-/m1/s1. The fraction of sp³-hybridized carbons (Fsp3) is 0.318. The number of hydrogen-bond donors (Lipinski definition) is 1. The maximum Gasteiger partial charge on any atom is 0.412 e. The summed E-state index contributed by atoms with van der Waals surface area (Å²) < 4.78 is 16.6. The molecule has 1 N–H and O–H groups in total. The first-order valence-electron chi connectivity index (χ1n) is 9.19. The molecule has 0 aliphatic carbocycles. The van der Waals surface area contributed by atoms with Crippen LogP contribution in [-0.2, 0) is 27.4 Å². The molecule has 1 amide bonds. The number of aliphatic hydroxyl groups excluding tert-OH is 1. The van der Waals surface area contributed by atoms with Gasteiger partial charge in [0, 0.05) is 7.11 Å². The number of carbonyl (C=O) groups excluding carboxylic acids is 1. The average Bonchev–Trinajstić information content (AvgIpc) is 2.74. The van der Waals surface area contributed by atoms with E-state index in [1.54, 1.807) is 12.2 Å². The molecule has 0 radical (unpaired) electrons. The van der Waals surface area contributed by atoms with Crippen molar-refractivity contribution in [1.82, 2.24) is 4.90 Å². The molecule has 0 fully saturated rings. The van der Waals surface area contributed by atoms with Crippen LogP contribution in [0.3, 0.4) is 0 Å². The number of amides is 1. The van der Waals surface area contributed by atoms with Gasteiger partial charge in [-0.1, -0.05) is 66.7 Å². The molecular formula is C22H25NO5. The normalized spacial score (nSPS) is 21.5. The van der Waals surface area contributed by atoms with Crippen LogP contribution >= 0.6 is 0 Å². The fourth-order valence-electron chi connectivity index (χ4n) is 3.06. The SMILES string of the molecule is CO[C@@H]1C=C[C@H](O)[C@@H](COCc2ccccc2)N1C(=O)OCc1ccccc1. The van der Waals surface area contributed by atoms with Gasteiger partial charge in [-0.2, -0.15) is 0 Å². The molecule has 28 heavy (non-hydrogen) atoms. The lowest BCUT2D eigenvalue weighted by molar-refractivity contribution is -0.0773. The van der Waals surface area contributed by atoms with Crippen LogP contribution in [-0.4, -0.2) is 48.2 Å². The third-order valence-corrected chi connectivity index (χ3v) is 4.56. The molecule has 0 bridgehead atoms.